The zero-order valence-electron chi connectivity index (χ0n) is 9.69. The summed E-state index contributed by atoms with van der Waals surface area (Å²) in [6, 6.07) is 0. The summed E-state index contributed by atoms with van der Waals surface area (Å²) < 4.78 is 5.40. The molecule has 0 aliphatic carbocycles. The third-order valence-corrected chi connectivity index (χ3v) is 2.89. The molecule has 1 amide bonds. The van der Waals surface area contributed by atoms with Crippen LogP contribution in [0.3, 0.4) is 0 Å². The summed E-state index contributed by atoms with van der Waals surface area (Å²) in [6.07, 6.45) is 1.64. The highest BCUT2D eigenvalue weighted by Crippen LogP contribution is 2.24. The van der Waals surface area contributed by atoms with Crippen molar-refractivity contribution < 1.29 is 14.7 Å². The standard InChI is InChI=1S/C10H19N3O3/c1-7(8(11)13-15)6-12-9(14)10(2)4-3-5-16-10/h7,15H,3-6H2,1-2H3,(H2,11,13)(H,12,14). The van der Waals surface area contributed by atoms with Gasteiger partial charge in [-0.25, -0.2) is 0 Å². The Morgan fingerprint density at radius 2 is 2.44 bits per heavy atom. The van der Waals surface area contributed by atoms with Gasteiger partial charge in [-0.2, -0.15) is 0 Å². The van der Waals surface area contributed by atoms with Gasteiger partial charge in [0.05, 0.1) is 0 Å². The second kappa shape index (κ2) is 5.16. The maximum Gasteiger partial charge on any atom is 0.251 e. The van der Waals surface area contributed by atoms with Crippen molar-refractivity contribution in [2.45, 2.75) is 32.3 Å². The smallest absolute Gasteiger partial charge is 0.251 e. The number of oxime groups is 1. The molecule has 0 aromatic heterocycles. The lowest BCUT2D eigenvalue weighted by Crippen LogP contribution is -2.46. The van der Waals surface area contributed by atoms with Gasteiger partial charge < -0.3 is 21.0 Å². The first-order chi connectivity index (χ1) is 7.49. The Balaban J connectivity index is 2.41. The molecule has 0 aromatic rings. The van der Waals surface area contributed by atoms with Crippen LogP contribution >= 0.6 is 0 Å². The molecule has 0 saturated carbocycles. The molecule has 1 heterocycles. The van der Waals surface area contributed by atoms with E-state index in [-0.39, 0.29) is 17.7 Å². The Bertz CT molecular complexity index is 285. The normalized spacial score (nSPS) is 27.8. The van der Waals surface area contributed by atoms with E-state index in [1.54, 1.807) is 13.8 Å². The SMILES string of the molecule is CC(CNC(=O)C1(C)CCCO1)C(N)=NO. The van der Waals surface area contributed by atoms with Gasteiger partial charge in [-0.1, -0.05) is 12.1 Å². The van der Waals surface area contributed by atoms with Crippen LogP contribution in [-0.2, 0) is 9.53 Å². The first-order valence-electron chi connectivity index (χ1n) is 5.39. The highest BCUT2D eigenvalue weighted by molar-refractivity contribution is 5.86. The number of amides is 1. The molecule has 0 radical (unpaired) electrons. The predicted octanol–water partition coefficient (Wildman–Crippen LogP) is 0.0542. The number of nitrogens with one attached hydrogen (secondary N) is 1. The quantitative estimate of drug-likeness (QED) is 0.275. The Kier molecular flexibility index (Phi) is 4.12. The maximum atomic E-state index is 11.8. The van der Waals surface area contributed by atoms with Crippen molar-refractivity contribution in [3.05, 3.63) is 0 Å². The molecule has 2 unspecified atom stereocenters. The fourth-order valence-electron chi connectivity index (χ4n) is 1.59. The molecule has 6 heteroatoms. The monoisotopic (exact) mass is 229 g/mol. The zero-order valence-corrected chi connectivity index (χ0v) is 9.69. The van der Waals surface area contributed by atoms with Gasteiger partial charge in [-0.3, -0.25) is 4.79 Å². The lowest BCUT2D eigenvalue weighted by Gasteiger charge is -2.22. The van der Waals surface area contributed by atoms with Crippen molar-refractivity contribution in [1.29, 1.82) is 0 Å². The molecule has 1 rings (SSSR count). The summed E-state index contributed by atoms with van der Waals surface area (Å²) >= 11 is 0. The minimum Gasteiger partial charge on any atom is -0.409 e. The third kappa shape index (κ3) is 2.85. The van der Waals surface area contributed by atoms with E-state index in [9.17, 15) is 4.79 Å². The van der Waals surface area contributed by atoms with Gasteiger partial charge in [0.2, 0.25) is 0 Å². The molecule has 6 nitrogen and oxygen atoms in total. The van der Waals surface area contributed by atoms with E-state index < -0.39 is 5.60 Å². The summed E-state index contributed by atoms with van der Waals surface area (Å²) in [6.45, 7) is 4.52. The largest absolute Gasteiger partial charge is 0.409 e. The summed E-state index contributed by atoms with van der Waals surface area (Å²) in [4.78, 5) is 11.8. The zero-order chi connectivity index (χ0) is 12.2. The van der Waals surface area contributed by atoms with E-state index in [1.807, 2.05) is 0 Å². The average Bonchev–Trinajstić information content (AvgIpc) is 2.72. The summed E-state index contributed by atoms with van der Waals surface area (Å²) in [5, 5.41) is 14.1. The molecule has 2 atom stereocenters. The molecule has 0 bridgehead atoms. The van der Waals surface area contributed by atoms with E-state index in [1.165, 1.54) is 0 Å². The Hall–Kier alpha value is -1.30. The highest BCUT2D eigenvalue weighted by atomic mass is 16.5. The van der Waals surface area contributed by atoms with Crippen molar-refractivity contribution in [2.75, 3.05) is 13.2 Å². The first-order valence-corrected chi connectivity index (χ1v) is 5.39. The van der Waals surface area contributed by atoms with Crippen LogP contribution in [0.4, 0.5) is 0 Å². The van der Waals surface area contributed by atoms with Crippen LogP contribution in [0, 0.1) is 5.92 Å². The number of hydrogen-bond acceptors (Lipinski definition) is 4. The first kappa shape index (κ1) is 12.8. The molecule has 0 aromatic carbocycles. The van der Waals surface area contributed by atoms with Crippen LogP contribution in [0.15, 0.2) is 5.16 Å². The summed E-state index contributed by atoms with van der Waals surface area (Å²) in [5.74, 6) is -0.223. The molecule has 16 heavy (non-hydrogen) atoms. The maximum absolute atomic E-state index is 11.8. The number of nitrogens with two attached hydrogens (primary N) is 1. The van der Waals surface area contributed by atoms with E-state index in [0.717, 1.165) is 12.8 Å². The van der Waals surface area contributed by atoms with E-state index >= 15 is 0 Å². The van der Waals surface area contributed by atoms with E-state index in [4.69, 9.17) is 15.7 Å². The summed E-state index contributed by atoms with van der Waals surface area (Å²) in [7, 11) is 0. The molecule has 0 spiro atoms. The number of carbonyl (C=O) groups is 1. The van der Waals surface area contributed by atoms with E-state index in [0.29, 0.717) is 13.2 Å². The lowest BCUT2D eigenvalue weighted by molar-refractivity contribution is -0.139. The summed E-state index contributed by atoms with van der Waals surface area (Å²) in [5.41, 5.74) is 4.69. The van der Waals surface area contributed by atoms with Crippen molar-refractivity contribution in [3.8, 4) is 0 Å². The van der Waals surface area contributed by atoms with Crippen molar-refractivity contribution in [3.63, 3.8) is 0 Å². The fraction of sp³-hybridized carbons (Fsp3) is 0.800. The number of rotatable bonds is 4. The third-order valence-electron chi connectivity index (χ3n) is 2.89. The van der Waals surface area contributed by atoms with Gasteiger partial charge in [0.1, 0.15) is 11.4 Å². The van der Waals surface area contributed by atoms with Gasteiger partial charge in [0.25, 0.3) is 5.91 Å². The Morgan fingerprint density at radius 1 is 1.75 bits per heavy atom. The number of hydrogen-bond donors (Lipinski definition) is 3. The second-order valence-corrected chi connectivity index (χ2v) is 4.32. The molecular formula is C10H19N3O3. The van der Waals surface area contributed by atoms with Crippen LogP contribution in [0.5, 0.6) is 0 Å². The van der Waals surface area contributed by atoms with Crippen LogP contribution in [0.1, 0.15) is 26.7 Å². The average molecular weight is 229 g/mol. The minimum atomic E-state index is -0.717. The number of ether oxygens (including phenoxy) is 1. The van der Waals surface area contributed by atoms with Gasteiger partial charge in [0, 0.05) is 19.1 Å². The Morgan fingerprint density at radius 3 is 2.94 bits per heavy atom. The van der Waals surface area contributed by atoms with Crippen molar-refractivity contribution >= 4 is 11.7 Å². The number of carbonyl (C=O) groups excluding carboxylic acids is 1. The molecule has 4 N–H and O–H groups in total. The second-order valence-electron chi connectivity index (χ2n) is 4.32. The number of nitrogens with zero attached hydrogens (tertiary/aromatic N) is 1. The highest BCUT2D eigenvalue weighted by Gasteiger charge is 2.37. The molecule has 1 aliphatic heterocycles. The molecular weight excluding hydrogens is 210 g/mol. The minimum absolute atomic E-state index is 0.109. The molecule has 1 aliphatic rings. The van der Waals surface area contributed by atoms with Crippen LogP contribution in [-0.4, -0.2) is 35.7 Å². The van der Waals surface area contributed by atoms with Crippen molar-refractivity contribution in [1.82, 2.24) is 5.32 Å². The van der Waals surface area contributed by atoms with Crippen molar-refractivity contribution in [2.24, 2.45) is 16.8 Å². The molecule has 1 fully saturated rings. The lowest BCUT2D eigenvalue weighted by atomic mass is 10.0. The number of amidine groups is 1. The molecule has 92 valence electrons. The van der Waals surface area contributed by atoms with Gasteiger partial charge >= 0.3 is 0 Å². The fourth-order valence-corrected chi connectivity index (χ4v) is 1.59. The predicted molar refractivity (Wildman–Crippen MR) is 59.2 cm³/mol. The topological polar surface area (TPSA) is 96.9 Å². The van der Waals surface area contributed by atoms with Crippen LogP contribution in [0.25, 0.3) is 0 Å². The Labute approximate surface area is 94.8 Å². The molecule has 1 saturated heterocycles. The van der Waals surface area contributed by atoms with Gasteiger partial charge in [-0.05, 0) is 19.8 Å². The van der Waals surface area contributed by atoms with E-state index in [2.05, 4.69) is 10.5 Å². The van der Waals surface area contributed by atoms with Gasteiger partial charge in [-0.15, -0.1) is 0 Å². The van der Waals surface area contributed by atoms with Gasteiger partial charge in [0.15, 0.2) is 0 Å². The van der Waals surface area contributed by atoms with Crippen LogP contribution < -0.4 is 11.1 Å². The van der Waals surface area contributed by atoms with Crippen LogP contribution in [0.2, 0.25) is 0 Å².